The summed E-state index contributed by atoms with van der Waals surface area (Å²) >= 11 is 4.42. The fourth-order valence-electron chi connectivity index (χ4n) is 1.86. The minimum absolute atomic E-state index is 0.248. The summed E-state index contributed by atoms with van der Waals surface area (Å²) in [6.07, 6.45) is 0. The molecule has 3 heteroatoms. The molecule has 104 valence electrons. The summed E-state index contributed by atoms with van der Waals surface area (Å²) in [7, 11) is 0. The molecule has 0 aromatic heterocycles. The molecule has 0 bridgehead atoms. The van der Waals surface area contributed by atoms with Crippen molar-refractivity contribution in [3.05, 3.63) is 72.1 Å². The Hall–Kier alpha value is -1.87. The van der Waals surface area contributed by atoms with Gasteiger partial charge >= 0.3 is 0 Å². The molecule has 0 radical (unpaired) electrons. The average molecular weight is 284 g/mol. The monoisotopic (exact) mass is 284 g/mol. The fourth-order valence-corrected chi connectivity index (χ4v) is 2.03. The van der Waals surface area contributed by atoms with Crippen LogP contribution in [-0.4, -0.2) is 0 Å². The van der Waals surface area contributed by atoms with Gasteiger partial charge in [-0.15, -0.1) is 0 Å². The van der Waals surface area contributed by atoms with Crippen molar-refractivity contribution in [3.63, 3.8) is 0 Å². The largest absolute Gasteiger partial charge is 0.342 e. The lowest BCUT2D eigenvalue weighted by atomic mass is 10.1. The molecule has 2 N–H and O–H groups in total. The van der Waals surface area contributed by atoms with E-state index in [1.807, 2.05) is 24.3 Å². The van der Waals surface area contributed by atoms with Crippen LogP contribution in [-0.2, 0) is 0 Å². The second-order valence-corrected chi connectivity index (χ2v) is 5.67. The van der Waals surface area contributed by atoms with Crippen LogP contribution in [0.5, 0.6) is 0 Å². The third-order valence-electron chi connectivity index (χ3n) is 3.04. The zero-order valence-electron chi connectivity index (χ0n) is 11.9. The summed E-state index contributed by atoms with van der Waals surface area (Å²) in [5.41, 5.74) is 4.47. The summed E-state index contributed by atoms with van der Waals surface area (Å²) in [6, 6.07) is 16.4. The van der Waals surface area contributed by atoms with Crippen LogP contribution >= 0.6 is 12.6 Å². The molecule has 1 atom stereocenters. The van der Waals surface area contributed by atoms with Crippen molar-refractivity contribution < 1.29 is 0 Å². The molecule has 20 heavy (non-hydrogen) atoms. The molecule has 2 aromatic carbocycles. The molecule has 1 unspecified atom stereocenters. The predicted molar refractivity (Wildman–Crippen MR) is 91.4 cm³/mol. The smallest absolute Gasteiger partial charge is 0.100 e. The average Bonchev–Trinajstić information content (AvgIpc) is 2.42. The summed E-state index contributed by atoms with van der Waals surface area (Å²) < 4.78 is 0. The Morgan fingerprint density at radius 3 is 1.85 bits per heavy atom. The van der Waals surface area contributed by atoms with Gasteiger partial charge in [-0.3, -0.25) is 0 Å². The van der Waals surface area contributed by atoms with Crippen LogP contribution in [0.4, 0.5) is 11.4 Å². The highest BCUT2D eigenvalue weighted by molar-refractivity contribution is 7.80. The summed E-state index contributed by atoms with van der Waals surface area (Å²) in [5.74, 6) is 0.750. The van der Waals surface area contributed by atoms with Crippen LogP contribution < -0.4 is 10.6 Å². The Morgan fingerprint density at radius 1 is 0.950 bits per heavy atom. The molecule has 0 aliphatic rings. The first kappa shape index (κ1) is 14.5. The Labute approximate surface area is 126 Å². The highest BCUT2D eigenvalue weighted by atomic mass is 32.1. The molecule has 0 aliphatic carbocycles. The Bertz CT molecular complexity index is 571. The molecule has 0 aliphatic heterocycles. The van der Waals surface area contributed by atoms with Crippen LogP contribution in [0.2, 0.25) is 0 Å². The van der Waals surface area contributed by atoms with E-state index < -0.39 is 0 Å². The molecule has 2 rings (SSSR count). The van der Waals surface area contributed by atoms with Crippen molar-refractivity contribution in [2.75, 3.05) is 10.6 Å². The maximum atomic E-state index is 4.42. The van der Waals surface area contributed by atoms with Crippen LogP contribution in [0.15, 0.2) is 60.9 Å². The second kappa shape index (κ2) is 6.53. The van der Waals surface area contributed by atoms with Gasteiger partial charge in [-0.2, -0.15) is 12.6 Å². The second-order valence-electron chi connectivity index (χ2n) is 4.89. The third-order valence-corrected chi connectivity index (χ3v) is 3.33. The van der Waals surface area contributed by atoms with E-state index in [-0.39, 0.29) is 5.25 Å². The van der Waals surface area contributed by atoms with E-state index in [1.165, 1.54) is 11.1 Å². The summed E-state index contributed by atoms with van der Waals surface area (Å²) in [4.78, 5) is 0. The zero-order chi connectivity index (χ0) is 14.5. The number of anilines is 2. The molecule has 0 saturated heterocycles. The molecule has 0 spiro atoms. The van der Waals surface area contributed by atoms with E-state index in [4.69, 9.17) is 0 Å². The van der Waals surface area contributed by atoms with Gasteiger partial charge in [0.15, 0.2) is 0 Å². The molecular weight excluding hydrogens is 264 g/mol. The number of thiol groups is 1. The molecule has 0 amide bonds. The quantitative estimate of drug-likeness (QED) is 0.674. The van der Waals surface area contributed by atoms with Crippen molar-refractivity contribution >= 4 is 24.0 Å². The van der Waals surface area contributed by atoms with Crippen molar-refractivity contribution in [3.8, 4) is 0 Å². The van der Waals surface area contributed by atoms with Gasteiger partial charge in [-0.25, -0.2) is 0 Å². The standard InChI is InChI=1S/C17H20N2S/c1-12-4-8-16(9-5-12)18-14(3)19-17-10-6-15(7-11-17)13(2)20/h4-11,13,18-20H,3H2,1-2H3. The van der Waals surface area contributed by atoms with Crippen molar-refractivity contribution in [2.45, 2.75) is 19.1 Å². The molecule has 0 fully saturated rings. The minimum atomic E-state index is 0.248. The van der Waals surface area contributed by atoms with E-state index in [0.29, 0.717) is 0 Å². The van der Waals surface area contributed by atoms with Crippen LogP contribution in [0.1, 0.15) is 23.3 Å². The molecule has 0 heterocycles. The first-order chi connectivity index (χ1) is 9.54. The maximum absolute atomic E-state index is 4.42. The molecule has 2 nitrogen and oxygen atoms in total. The summed E-state index contributed by atoms with van der Waals surface area (Å²) in [5, 5.41) is 6.72. The highest BCUT2D eigenvalue weighted by Gasteiger charge is 2.00. The third kappa shape index (κ3) is 4.07. The SMILES string of the molecule is C=C(Nc1ccc(C)cc1)Nc1ccc(C(C)S)cc1. The minimum Gasteiger partial charge on any atom is -0.342 e. The number of benzene rings is 2. The molecule has 0 saturated carbocycles. The summed E-state index contributed by atoms with van der Waals surface area (Å²) in [6.45, 7) is 8.12. The van der Waals surface area contributed by atoms with E-state index in [1.54, 1.807) is 0 Å². The predicted octanol–water partition coefficient (Wildman–Crippen LogP) is 4.98. The number of aryl methyl sites for hydroxylation is 1. The zero-order valence-corrected chi connectivity index (χ0v) is 12.7. The van der Waals surface area contributed by atoms with Crippen molar-refractivity contribution in [2.24, 2.45) is 0 Å². The van der Waals surface area contributed by atoms with Gasteiger partial charge in [0.1, 0.15) is 5.82 Å². The van der Waals surface area contributed by atoms with Gasteiger partial charge < -0.3 is 10.6 Å². The van der Waals surface area contributed by atoms with Crippen LogP contribution in [0.25, 0.3) is 0 Å². The van der Waals surface area contributed by atoms with Gasteiger partial charge in [-0.05, 0) is 43.7 Å². The normalized spacial score (nSPS) is 11.8. The van der Waals surface area contributed by atoms with Gasteiger partial charge in [0, 0.05) is 16.6 Å². The van der Waals surface area contributed by atoms with Crippen molar-refractivity contribution in [1.82, 2.24) is 0 Å². The topological polar surface area (TPSA) is 24.1 Å². The van der Waals surface area contributed by atoms with Crippen molar-refractivity contribution in [1.29, 1.82) is 0 Å². The lowest BCUT2D eigenvalue weighted by Crippen LogP contribution is -2.08. The molecule has 2 aromatic rings. The highest BCUT2D eigenvalue weighted by Crippen LogP contribution is 2.21. The van der Waals surface area contributed by atoms with Gasteiger partial charge in [0.2, 0.25) is 0 Å². The number of rotatable bonds is 5. The Balaban J connectivity index is 1.95. The van der Waals surface area contributed by atoms with Crippen LogP contribution in [0, 0.1) is 6.92 Å². The van der Waals surface area contributed by atoms with Gasteiger partial charge in [-0.1, -0.05) is 36.4 Å². The van der Waals surface area contributed by atoms with E-state index in [9.17, 15) is 0 Å². The lowest BCUT2D eigenvalue weighted by molar-refractivity contribution is 1.11. The van der Waals surface area contributed by atoms with E-state index in [0.717, 1.165) is 17.2 Å². The fraction of sp³-hybridized carbons (Fsp3) is 0.176. The van der Waals surface area contributed by atoms with Crippen LogP contribution in [0.3, 0.4) is 0 Å². The van der Waals surface area contributed by atoms with Gasteiger partial charge in [0.05, 0.1) is 0 Å². The Morgan fingerprint density at radius 2 is 1.40 bits per heavy atom. The molecular formula is C17H20N2S. The first-order valence-electron chi connectivity index (χ1n) is 6.62. The lowest BCUT2D eigenvalue weighted by Gasteiger charge is -2.13. The number of hydrogen-bond acceptors (Lipinski definition) is 3. The first-order valence-corrected chi connectivity index (χ1v) is 7.14. The number of nitrogens with one attached hydrogen (secondary N) is 2. The maximum Gasteiger partial charge on any atom is 0.100 e. The van der Waals surface area contributed by atoms with Gasteiger partial charge in [0.25, 0.3) is 0 Å². The Kier molecular flexibility index (Phi) is 4.74. The number of hydrogen-bond donors (Lipinski definition) is 3. The van der Waals surface area contributed by atoms with E-state index >= 15 is 0 Å². The van der Waals surface area contributed by atoms with E-state index in [2.05, 4.69) is 68.0 Å².